The van der Waals surface area contributed by atoms with Crippen molar-refractivity contribution >= 4 is 11.9 Å². The van der Waals surface area contributed by atoms with Gasteiger partial charge < -0.3 is 14.7 Å². The Balaban J connectivity index is 2.54. The molecule has 0 saturated carbocycles. The lowest BCUT2D eigenvalue weighted by Crippen LogP contribution is -2.30. The average molecular weight is 265 g/mol. The van der Waals surface area contributed by atoms with Gasteiger partial charge in [-0.25, -0.2) is 0 Å². The first-order valence-corrected chi connectivity index (χ1v) is 6.03. The van der Waals surface area contributed by atoms with Crippen molar-refractivity contribution in [2.75, 3.05) is 20.7 Å². The molecular formula is C14H19NO4. The highest BCUT2D eigenvalue weighted by Crippen LogP contribution is 2.18. The van der Waals surface area contributed by atoms with Gasteiger partial charge in [0.1, 0.15) is 12.2 Å². The molecule has 1 N–H and O–H groups in total. The molecule has 1 rings (SSSR count). The molecule has 0 aliphatic rings. The Bertz CT molecular complexity index is 471. The van der Waals surface area contributed by atoms with Crippen LogP contribution in [0.15, 0.2) is 18.2 Å². The minimum atomic E-state index is -1.10. The number of amides is 1. The van der Waals surface area contributed by atoms with Gasteiger partial charge in [-0.1, -0.05) is 12.1 Å². The van der Waals surface area contributed by atoms with Crippen LogP contribution < -0.4 is 4.74 Å². The Morgan fingerprint density at radius 3 is 2.58 bits per heavy atom. The molecule has 104 valence electrons. The van der Waals surface area contributed by atoms with Crippen molar-refractivity contribution in [1.29, 1.82) is 0 Å². The van der Waals surface area contributed by atoms with Crippen LogP contribution in [0.3, 0.4) is 0 Å². The first-order valence-electron chi connectivity index (χ1n) is 6.03. The number of carbonyl (C=O) groups excluding carboxylic acids is 1. The Morgan fingerprint density at radius 2 is 2.05 bits per heavy atom. The summed E-state index contributed by atoms with van der Waals surface area (Å²) in [4.78, 5) is 23.3. The number of carboxylic acid groups (broad SMARTS) is 1. The molecule has 0 atom stereocenters. The van der Waals surface area contributed by atoms with Crippen LogP contribution in [0, 0.1) is 6.92 Å². The second-order valence-electron chi connectivity index (χ2n) is 4.44. The molecule has 1 aromatic rings. The van der Waals surface area contributed by atoms with Crippen LogP contribution in [0.4, 0.5) is 0 Å². The third kappa shape index (κ3) is 4.62. The molecule has 0 spiro atoms. The Hall–Kier alpha value is -2.04. The van der Waals surface area contributed by atoms with Crippen LogP contribution in [-0.4, -0.2) is 42.6 Å². The number of aliphatic carboxylic acids is 1. The summed E-state index contributed by atoms with van der Waals surface area (Å²) in [5.74, 6) is -0.645. The van der Waals surface area contributed by atoms with E-state index >= 15 is 0 Å². The van der Waals surface area contributed by atoms with E-state index in [1.165, 1.54) is 4.90 Å². The van der Waals surface area contributed by atoms with Gasteiger partial charge in [0, 0.05) is 13.6 Å². The van der Waals surface area contributed by atoms with E-state index in [0.29, 0.717) is 13.0 Å². The molecule has 0 radical (unpaired) electrons. The molecule has 5 heteroatoms. The van der Waals surface area contributed by atoms with Crippen molar-refractivity contribution in [3.63, 3.8) is 0 Å². The first kappa shape index (κ1) is 15.0. The summed E-state index contributed by atoms with van der Waals surface area (Å²) in [5, 5.41) is 8.55. The monoisotopic (exact) mass is 265 g/mol. The quantitative estimate of drug-likeness (QED) is 0.791. The summed E-state index contributed by atoms with van der Waals surface area (Å²) in [5.41, 5.74) is 2.13. The molecule has 0 heterocycles. The minimum absolute atomic E-state index is 0.377. The van der Waals surface area contributed by atoms with Gasteiger partial charge in [0.2, 0.25) is 5.91 Å². The van der Waals surface area contributed by atoms with Gasteiger partial charge in [0.25, 0.3) is 0 Å². The van der Waals surface area contributed by atoms with E-state index in [2.05, 4.69) is 0 Å². The van der Waals surface area contributed by atoms with Crippen LogP contribution in [0.5, 0.6) is 5.75 Å². The number of likely N-dealkylation sites (N-methyl/N-ethyl adjacent to an activating group) is 1. The number of ether oxygens (including phenoxy) is 1. The third-order valence-corrected chi connectivity index (χ3v) is 2.92. The number of aryl methyl sites for hydroxylation is 1. The molecule has 0 unspecified atom stereocenters. The summed E-state index contributed by atoms with van der Waals surface area (Å²) >= 11 is 0. The fraction of sp³-hybridized carbons (Fsp3) is 0.429. The maximum Gasteiger partial charge on any atom is 0.312 e. The lowest BCUT2D eigenvalue weighted by Gasteiger charge is -2.16. The molecule has 0 aromatic heterocycles. The van der Waals surface area contributed by atoms with E-state index in [1.54, 1.807) is 14.2 Å². The highest BCUT2D eigenvalue weighted by atomic mass is 16.5. The van der Waals surface area contributed by atoms with E-state index in [9.17, 15) is 9.59 Å². The summed E-state index contributed by atoms with van der Waals surface area (Å²) < 4.78 is 5.18. The van der Waals surface area contributed by atoms with Crippen LogP contribution in [0.1, 0.15) is 17.5 Å². The summed E-state index contributed by atoms with van der Waals surface area (Å²) in [6.45, 7) is 2.46. The van der Waals surface area contributed by atoms with Gasteiger partial charge >= 0.3 is 5.97 Å². The zero-order valence-electron chi connectivity index (χ0n) is 11.5. The Kier molecular flexibility index (Phi) is 5.36. The summed E-state index contributed by atoms with van der Waals surface area (Å²) in [6.07, 6.45) is 0.227. The number of carboxylic acids is 1. The molecule has 0 aliphatic carbocycles. The normalized spacial score (nSPS) is 10.1. The van der Waals surface area contributed by atoms with Crippen molar-refractivity contribution in [3.8, 4) is 5.75 Å². The van der Waals surface area contributed by atoms with Crippen molar-refractivity contribution in [2.45, 2.75) is 19.8 Å². The van der Waals surface area contributed by atoms with E-state index in [1.807, 2.05) is 25.1 Å². The predicted molar refractivity (Wildman–Crippen MR) is 71.3 cm³/mol. The lowest BCUT2D eigenvalue weighted by atomic mass is 10.1. The van der Waals surface area contributed by atoms with Crippen molar-refractivity contribution in [1.82, 2.24) is 4.90 Å². The number of hydrogen-bond donors (Lipinski definition) is 1. The molecule has 1 aromatic carbocycles. The number of rotatable bonds is 6. The number of nitrogens with zero attached hydrogens (tertiary/aromatic N) is 1. The maximum atomic E-state index is 11.5. The first-order chi connectivity index (χ1) is 8.93. The van der Waals surface area contributed by atoms with E-state index in [-0.39, 0.29) is 5.91 Å². The number of carbonyl (C=O) groups is 2. The van der Waals surface area contributed by atoms with Gasteiger partial charge in [-0.05, 0) is 30.5 Å². The van der Waals surface area contributed by atoms with Crippen LogP contribution >= 0.6 is 0 Å². The highest BCUT2D eigenvalue weighted by Gasteiger charge is 2.12. The Morgan fingerprint density at radius 1 is 1.37 bits per heavy atom. The average Bonchev–Trinajstić information content (AvgIpc) is 2.35. The lowest BCUT2D eigenvalue weighted by molar-refractivity contribution is -0.143. The summed E-state index contributed by atoms with van der Waals surface area (Å²) in [7, 11) is 3.24. The highest BCUT2D eigenvalue weighted by molar-refractivity contribution is 5.93. The third-order valence-electron chi connectivity index (χ3n) is 2.92. The largest absolute Gasteiger partial charge is 0.496 e. The molecule has 5 nitrogen and oxygen atoms in total. The molecular weight excluding hydrogens is 246 g/mol. The second-order valence-corrected chi connectivity index (χ2v) is 4.44. The van der Waals surface area contributed by atoms with Crippen LogP contribution in [-0.2, 0) is 16.0 Å². The molecule has 0 aliphatic heterocycles. The molecule has 19 heavy (non-hydrogen) atoms. The number of methoxy groups -OCH3 is 1. The molecule has 0 fully saturated rings. The van der Waals surface area contributed by atoms with Gasteiger partial charge in [-0.3, -0.25) is 9.59 Å². The van der Waals surface area contributed by atoms with Gasteiger partial charge in [0.05, 0.1) is 7.11 Å². The fourth-order valence-corrected chi connectivity index (χ4v) is 1.78. The van der Waals surface area contributed by atoms with Crippen LogP contribution in [0.2, 0.25) is 0 Å². The molecule has 0 saturated heterocycles. The van der Waals surface area contributed by atoms with Gasteiger partial charge in [-0.15, -0.1) is 0 Å². The van der Waals surface area contributed by atoms with Gasteiger partial charge in [0.15, 0.2) is 0 Å². The minimum Gasteiger partial charge on any atom is -0.496 e. The molecule has 1 amide bonds. The molecule has 0 bridgehead atoms. The Labute approximate surface area is 112 Å². The smallest absolute Gasteiger partial charge is 0.312 e. The van der Waals surface area contributed by atoms with E-state index < -0.39 is 12.4 Å². The standard InChI is InChI=1S/C14H19NO4/c1-10-8-11(4-5-12(10)19-3)6-7-15(2)13(16)9-14(17)18/h4-5,8H,6-7,9H2,1-3H3,(H,17,18). The van der Waals surface area contributed by atoms with Crippen molar-refractivity contribution in [3.05, 3.63) is 29.3 Å². The zero-order chi connectivity index (χ0) is 14.4. The predicted octanol–water partition coefficient (Wildman–Crippen LogP) is 1.48. The maximum absolute atomic E-state index is 11.5. The second kappa shape index (κ2) is 6.78. The fourth-order valence-electron chi connectivity index (χ4n) is 1.78. The summed E-state index contributed by atoms with van der Waals surface area (Å²) in [6, 6.07) is 5.85. The van der Waals surface area contributed by atoms with Crippen molar-refractivity contribution in [2.24, 2.45) is 0 Å². The number of benzene rings is 1. The topological polar surface area (TPSA) is 66.8 Å². The van der Waals surface area contributed by atoms with E-state index in [4.69, 9.17) is 9.84 Å². The van der Waals surface area contributed by atoms with Crippen LogP contribution in [0.25, 0.3) is 0 Å². The van der Waals surface area contributed by atoms with Crippen molar-refractivity contribution < 1.29 is 19.4 Å². The van der Waals surface area contributed by atoms with Gasteiger partial charge in [-0.2, -0.15) is 0 Å². The number of hydrogen-bond acceptors (Lipinski definition) is 3. The zero-order valence-corrected chi connectivity index (χ0v) is 11.5. The SMILES string of the molecule is COc1ccc(CCN(C)C(=O)CC(=O)O)cc1C. The van der Waals surface area contributed by atoms with E-state index in [0.717, 1.165) is 16.9 Å².